The molecule has 5 nitrogen and oxygen atoms in total. The first-order valence-corrected chi connectivity index (χ1v) is 12.0. The molecule has 0 spiro atoms. The van der Waals surface area contributed by atoms with Crippen molar-refractivity contribution >= 4 is 5.69 Å². The van der Waals surface area contributed by atoms with E-state index in [2.05, 4.69) is 6.92 Å². The molecule has 0 atom stereocenters. The van der Waals surface area contributed by atoms with E-state index in [1.54, 1.807) is 0 Å². The van der Waals surface area contributed by atoms with Crippen molar-refractivity contribution in [2.24, 2.45) is 0 Å². The van der Waals surface area contributed by atoms with Gasteiger partial charge in [0.25, 0.3) is 0 Å². The van der Waals surface area contributed by atoms with Crippen molar-refractivity contribution in [2.75, 3.05) is 52.0 Å². The van der Waals surface area contributed by atoms with Gasteiger partial charge in [0.1, 0.15) is 12.4 Å². The predicted octanol–water partition coefficient (Wildman–Crippen LogP) is 6.01. The molecule has 1 rings (SSSR count). The minimum atomic E-state index is 0.520. The lowest BCUT2D eigenvalue weighted by Gasteiger charge is -2.08. The molecule has 0 unspecified atom stereocenters. The van der Waals surface area contributed by atoms with Crippen LogP contribution < -0.4 is 10.5 Å². The Morgan fingerprint density at radius 1 is 0.533 bits per heavy atom. The van der Waals surface area contributed by atoms with Crippen LogP contribution in [-0.2, 0) is 14.2 Å². The molecule has 0 aliphatic heterocycles. The molecular weight excluding hydrogens is 378 g/mol. The van der Waals surface area contributed by atoms with Crippen molar-refractivity contribution in [1.82, 2.24) is 0 Å². The Hall–Kier alpha value is -1.30. The van der Waals surface area contributed by atoms with Crippen molar-refractivity contribution in [2.45, 2.75) is 77.6 Å². The molecule has 5 heteroatoms. The molecule has 0 bridgehead atoms. The van der Waals surface area contributed by atoms with E-state index < -0.39 is 0 Å². The zero-order chi connectivity index (χ0) is 21.5. The van der Waals surface area contributed by atoms with Gasteiger partial charge in [-0.05, 0) is 30.7 Å². The summed E-state index contributed by atoms with van der Waals surface area (Å²) >= 11 is 0. The molecule has 0 saturated heterocycles. The molecule has 0 saturated carbocycles. The largest absolute Gasteiger partial charge is 0.491 e. The fourth-order valence-corrected chi connectivity index (χ4v) is 3.19. The molecule has 174 valence electrons. The lowest BCUT2D eigenvalue weighted by Crippen LogP contribution is -2.13. The van der Waals surface area contributed by atoms with Gasteiger partial charge in [0, 0.05) is 12.3 Å². The standard InChI is InChI=1S/C25H45NO4/c1-2-3-4-5-6-7-8-9-10-11-12-17-27-18-19-28-20-21-29-22-23-30-25-15-13-24(26)14-16-25/h13-16H,2-12,17-23,26H2,1H3. The van der Waals surface area contributed by atoms with Crippen LogP contribution >= 0.6 is 0 Å². The molecular formula is C25H45NO4. The molecule has 30 heavy (non-hydrogen) atoms. The van der Waals surface area contributed by atoms with Gasteiger partial charge in [-0.15, -0.1) is 0 Å². The number of unbranched alkanes of at least 4 members (excludes halogenated alkanes) is 10. The van der Waals surface area contributed by atoms with Crippen molar-refractivity contribution in [1.29, 1.82) is 0 Å². The summed E-state index contributed by atoms with van der Waals surface area (Å²) in [6.45, 7) is 6.64. The minimum absolute atomic E-state index is 0.520. The van der Waals surface area contributed by atoms with Crippen LogP contribution in [0.5, 0.6) is 5.75 Å². The average molecular weight is 424 g/mol. The summed E-state index contributed by atoms with van der Waals surface area (Å²) < 4.78 is 22.2. The highest BCUT2D eigenvalue weighted by molar-refractivity contribution is 5.41. The lowest BCUT2D eigenvalue weighted by molar-refractivity contribution is 0.00878. The van der Waals surface area contributed by atoms with Crippen molar-refractivity contribution in [3.63, 3.8) is 0 Å². The molecule has 0 aromatic heterocycles. The number of ether oxygens (including phenoxy) is 4. The Kier molecular flexibility index (Phi) is 18.7. The number of anilines is 1. The van der Waals surface area contributed by atoms with Crippen LogP contribution in [0, 0.1) is 0 Å². The fraction of sp³-hybridized carbons (Fsp3) is 0.760. The third kappa shape index (κ3) is 17.5. The molecule has 0 radical (unpaired) electrons. The van der Waals surface area contributed by atoms with E-state index in [-0.39, 0.29) is 0 Å². The van der Waals surface area contributed by atoms with E-state index in [1.807, 2.05) is 24.3 Å². The van der Waals surface area contributed by atoms with E-state index >= 15 is 0 Å². The monoisotopic (exact) mass is 423 g/mol. The van der Waals surface area contributed by atoms with Gasteiger partial charge < -0.3 is 24.7 Å². The van der Waals surface area contributed by atoms with Crippen molar-refractivity contribution < 1.29 is 18.9 Å². The highest BCUT2D eigenvalue weighted by Crippen LogP contribution is 2.13. The number of hydrogen-bond acceptors (Lipinski definition) is 5. The van der Waals surface area contributed by atoms with Gasteiger partial charge in [-0.25, -0.2) is 0 Å². The third-order valence-corrected chi connectivity index (χ3v) is 5.01. The number of rotatable bonds is 22. The van der Waals surface area contributed by atoms with Gasteiger partial charge in [0.2, 0.25) is 0 Å². The first kappa shape index (κ1) is 26.7. The first-order chi connectivity index (χ1) is 14.8. The van der Waals surface area contributed by atoms with Gasteiger partial charge in [-0.1, -0.05) is 71.1 Å². The van der Waals surface area contributed by atoms with Crippen LogP contribution in [0.25, 0.3) is 0 Å². The lowest BCUT2D eigenvalue weighted by atomic mass is 10.1. The van der Waals surface area contributed by atoms with Crippen LogP contribution in [0.3, 0.4) is 0 Å². The summed E-state index contributed by atoms with van der Waals surface area (Å²) in [6, 6.07) is 7.36. The molecule has 1 aromatic rings. The van der Waals surface area contributed by atoms with E-state index in [1.165, 1.54) is 64.2 Å². The predicted molar refractivity (Wildman–Crippen MR) is 125 cm³/mol. The van der Waals surface area contributed by atoms with Crippen LogP contribution in [-0.4, -0.2) is 46.2 Å². The Balaban J connectivity index is 1.68. The summed E-state index contributed by atoms with van der Waals surface area (Å²) in [4.78, 5) is 0. The Morgan fingerprint density at radius 3 is 1.50 bits per heavy atom. The van der Waals surface area contributed by atoms with E-state index in [4.69, 9.17) is 24.7 Å². The van der Waals surface area contributed by atoms with Crippen molar-refractivity contribution in [3.05, 3.63) is 24.3 Å². The van der Waals surface area contributed by atoms with Crippen LogP contribution in [0.4, 0.5) is 5.69 Å². The van der Waals surface area contributed by atoms with E-state index in [0.717, 1.165) is 24.5 Å². The summed E-state index contributed by atoms with van der Waals surface area (Å²) in [5.41, 5.74) is 6.37. The van der Waals surface area contributed by atoms with Crippen LogP contribution in [0.15, 0.2) is 24.3 Å². The average Bonchev–Trinajstić information content (AvgIpc) is 2.76. The second kappa shape index (κ2) is 21.0. The maximum Gasteiger partial charge on any atom is 0.119 e. The van der Waals surface area contributed by atoms with Gasteiger partial charge in [-0.3, -0.25) is 0 Å². The highest BCUT2D eigenvalue weighted by atomic mass is 16.6. The SMILES string of the molecule is CCCCCCCCCCCCCOCCOCCOCCOc1ccc(N)cc1. The minimum Gasteiger partial charge on any atom is -0.491 e. The quantitative estimate of drug-likeness (QED) is 0.183. The summed E-state index contributed by atoms with van der Waals surface area (Å²) in [5, 5.41) is 0. The van der Waals surface area contributed by atoms with Gasteiger partial charge >= 0.3 is 0 Å². The van der Waals surface area contributed by atoms with Gasteiger partial charge in [0.05, 0.1) is 33.0 Å². The molecule has 0 aliphatic rings. The Labute approximate surface area is 184 Å². The number of benzene rings is 1. The normalized spacial score (nSPS) is 11.1. The molecule has 0 fully saturated rings. The summed E-state index contributed by atoms with van der Waals surface area (Å²) in [6.07, 6.45) is 15.0. The van der Waals surface area contributed by atoms with Crippen LogP contribution in [0.1, 0.15) is 77.6 Å². The topological polar surface area (TPSA) is 62.9 Å². The number of hydrogen-bond donors (Lipinski definition) is 1. The summed E-state index contributed by atoms with van der Waals surface area (Å²) in [5.74, 6) is 0.805. The maximum atomic E-state index is 5.63. The molecule has 0 aliphatic carbocycles. The zero-order valence-corrected chi connectivity index (χ0v) is 19.2. The zero-order valence-electron chi connectivity index (χ0n) is 19.2. The van der Waals surface area contributed by atoms with Gasteiger partial charge in [-0.2, -0.15) is 0 Å². The fourth-order valence-electron chi connectivity index (χ4n) is 3.19. The van der Waals surface area contributed by atoms with E-state index in [0.29, 0.717) is 39.6 Å². The second-order valence-electron chi connectivity index (χ2n) is 7.79. The number of nitrogens with two attached hydrogens (primary N) is 1. The smallest absolute Gasteiger partial charge is 0.119 e. The summed E-state index contributed by atoms with van der Waals surface area (Å²) in [7, 11) is 0. The Morgan fingerprint density at radius 2 is 0.967 bits per heavy atom. The van der Waals surface area contributed by atoms with Gasteiger partial charge in [0.15, 0.2) is 0 Å². The molecule has 0 amide bonds. The highest BCUT2D eigenvalue weighted by Gasteiger charge is 1.96. The number of nitrogen functional groups attached to an aromatic ring is 1. The van der Waals surface area contributed by atoms with Crippen molar-refractivity contribution in [3.8, 4) is 5.75 Å². The van der Waals surface area contributed by atoms with E-state index in [9.17, 15) is 0 Å². The van der Waals surface area contributed by atoms with Crippen LogP contribution in [0.2, 0.25) is 0 Å². The second-order valence-corrected chi connectivity index (χ2v) is 7.79. The molecule has 0 heterocycles. The Bertz CT molecular complexity index is 467. The molecule has 2 N–H and O–H groups in total. The molecule has 1 aromatic carbocycles. The first-order valence-electron chi connectivity index (χ1n) is 12.0. The third-order valence-electron chi connectivity index (χ3n) is 5.01. The maximum absolute atomic E-state index is 5.63.